The Morgan fingerprint density at radius 1 is 1.26 bits per heavy atom. The average Bonchev–Trinajstić information content (AvgIpc) is 2.70. The molecular formula is C14H19ClN2O2. The predicted molar refractivity (Wildman–Crippen MR) is 77.1 cm³/mol. The second-order valence-corrected chi connectivity index (χ2v) is 5.09. The summed E-state index contributed by atoms with van der Waals surface area (Å²) in [6.07, 6.45) is 4.58. The lowest BCUT2D eigenvalue weighted by molar-refractivity contribution is 0.214. The van der Waals surface area contributed by atoms with Crippen LogP contribution in [0.15, 0.2) is 18.2 Å². The number of nitrogens with one attached hydrogen (secondary N) is 1. The lowest BCUT2D eigenvalue weighted by atomic mass is 10.2. The highest BCUT2D eigenvalue weighted by Crippen LogP contribution is 2.27. The molecule has 2 amide bonds. The average molecular weight is 283 g/mol. The molecule has 1 fully saturated rings. The first-order valence-electron chi connectivity index (χ1n) is 6.60. The number of carbonyl (C=O) groups excluding carboxylic acids is 1. The van der Waals surface area contributed by atoms with Gasteiger partial charge in [0.1, 0.15) is 5.75 Å². The molecule has 4 nitrogen and oxygen atoms in total. The molecule has 104 valence electrons. The maximum Gasteiger partial charge on any atom is 0.321 e. The maximum absolute atomic E-state index is 12.1. The van der Waals surface area contributed by atoms with Crippen molar-refractivity contribution in [3.63, 3.8) is 0 Å². The highest BCUT2D eigenvalue weighted by atomic mass is 35.5. The van der Waals surface area contributed by atoms with Gasteiger partial charge in [0, 0.05) is 24.8 Å². The molecule has 1 heterocycles. The third-order valence-corrected chi connectivity index (χ3v) is 3.61. The lowest BCUT2D eigenvalue weighted by Gasteiger charge is -2.21. The first-order valence-corrected chi connectivity index (χ1v) is 6.98. The van der Waals surface area contributed by atoms with Crippen molar-refractivity contribution in [2.75, 3.05) is 25.5 Å². The van der Waals surface area contributed by atoms with E-state index in [0.717, 1.165) is 25.9 Å². The van der Waals surface area contributed by atoms with Gasteiger partial charge in [-0.2, -0.15) is 0 Å². The molecule has 19 heavy (non-hydrogen) atoms. The summed E-state index contributed by atoms with van der Waals surface area (Å²) < 4.78 is 5.14. The first kappa shape index (κ1) is 14.0. The van der Waals surface area contributed by atoms with Gasteiger partial charge in [0.2, 0.25) is 0 Å². The Balaban J connectivity index is 2.01. The quantitative estimate of drug-likeness (QED) is 0.897. The van der Waals surface area contributed by atoms with Crippen molar-refractivity contribution in [3.05, 3.63) is 23.2 Å². The van der Waals surface area contributed by atoms with Crippen molar-refractivity contribution in [2.45, 2.75) is 25.7 Å². The van der Waals surface area contributed by atoms with Crippen molar-refractivity contribution in [2.24, 2.45) is 0 Å². The third kappa shape index (κ3) is 3.77. The van der Waals surface area contributed by atoms with Crippen LogP contribution in [0.2, 0.25) is 5.02 Å². The molecule has 1 saturated heterocycles. The Morgan fingerprint density at radius 2 is 1.95 bits per heavy atom. The normalized spacial score (nSPS) is 15.8. The zero-order valence-corrected chi connectivity index (χ0v) is 11.9. The molecule has 5 heteroatoms. The van der Waals surface area contributed by atoms with Crippen molar-refractivity contribution >= 4 is 23.3 Å². The summed E-state index contributed by atoms with van der Waals surface area (Å²) in [5.41, 5.74) is 0.704. The molecule has 0 aromatic heterocycles. The number of carbonyl (C=O) groups is 1. The monoisotopic (exact) mass is 282 g/mol. The number of halogens is 1. The number of hydrogen-bond acceptors (Lipinski definition) is 2. The number of likely N-dealkylation sites (tertiary alicyclic amines) is 1. The molecule has 1 N–H and O–H groups in total. The maximum atomic E-state index is 12.1. The van der Waals surface area contributed by atoms with E-state index >= 15 is 0 Å². The van der Waals surface area contributed by atoms with Crippen LogP contribution >= 0.6 is 11.6 Å². The SMILES string of the molecule is COc1cc(NC(=O)N2CCCCCC2)ccc1Cl. The summed E-state index contributed by atoms with van der Waals surface area (Å²) >= 11 is 5.96. The van der Waals surface area contributed by atoms with Gasteiger partial charge >= 0.3 is 6.03 Å². The fourth-order valence-corrected chi connectivity index (χ4v) is 2.41. The van der Waals surface area contributed by atoms with Gasteiger partial charge in [-0.05, 0) is 25.0 Å². The van der Waals surface area contributed by atoms with Crippen LogP contribution in [0.3, 0.4) is 0 Å². The van der Waals surface area contributed by atoms with E-state index in [0.29, 0.717) is 16.5 Å². The summed E-state index contributed by atoms with van der Waals surface area (Å²) in [5, 5.41) is 3.43. The topological polar surface area (TPSA) is 41.6 Å². The number of amides is 2. The summed E-state index contributed by atoms with van der Waals surface area (Å²) in [6, 6.07) is 5.18. The molecule has 0 atom stereocenters. The van der Waals surface area contributed by atoms with Gasteiger partial charge in [0.05, 0.1) is 12.1 Å². The molecule has 0 saturated carbocycles. The molecule has 0 bridgehead atoms. The molecular weight excluding hydrogens is 264 g/mol. The Bertz CT molecular complexity index is 443. The van der Waals surface area contributed by atoms with Crippen molar-refractivity contribution < 1.29 is 9.53 Å². The number of urea groups is 1. The van der Waals surface area contributed by atoms with Gasteiger partial charge in [-0.15, -0.1) is 0 Å². The number of methoxy groups -OCH3 is 1. The van der Waals surface area contributed by atoms with Crippen LogP contribution in [0, 0.1) is 0 Å². The standard InChI is InChI=1S/C14H19ClN2O2/c1-19-13-10-11(6-7-12(13)15)16-14(18)17-8-4-2-3-5-9-17/h6-7,10H,2-5,8-9H2,1H3,(H,16,18). The van der Waals surface area contributed by atoms with Crippen LogP contribution in [-0.4, -0.2) is 31.1 Å². The van der Waals surface area contributed by atoms with Gasteiger partial charge < -0.3 is 15.0 Å². The number of ether oxygens (including phenoxy) is 1. The largest absolute Gasteiger partial charge is 0.495 e. The Morgan fingerprint density at radius 3 is 2.58 bits per heavy atom. The minimum absolute atomic E-state index is 0.0497. The van der Waals surface area contributed by atoms with Crippen molar-refractivity contribution in [1.82, 2.24) is 4.90 Å². The van der Waals surface area contributed by atoms with E-state index in [2.05, 4.69) is 5.32 Å². The highest BCUT2D eigenvalue weighted by molar-refractivity contribution is 6.32. The third-order valence-electron chi connectivity index (χ3n) is 3.30. The molecule has 2 rings (SSSR count). The van der Waals surface area contributed by atoms with E-state index in [1.807, 2.05) is 4.90 Å². The smallest absolute Gasteiger partial charge is 0.321 e. The van der Waals surface area contributed by atoms with Gasteiger partial charge in [-0.1, -0.05) is 24.4 Å². The Labute approximate surface area is 118 Å². The van der Waals surface area contributed by atoms with E-state index in [-0.39, 0.29) is 6.03 Å². The van der Waals surface area contributed by atoms with Gasteiger partial charge in [0.25, 0.3) is 0 Å². The van der Waals surface area contributed by atoms with Crippen LogP contribution in [0.5, 0.6) is 5.75 Å². The van der Waals surface area contributed by atoms with E-state index < -0.39 is 0 Å². The summed E-state index contributed by atoms with van der Waals surface area (Å²) in [7, 11) is 1.56. The van der Waals surface area contributed by atoms with Crippen LogP contribution in [0.4, 0.5) is 10.5 Å². The second kappa shape index (κ2) is 6.66. The molecule has 1 aromatic carbocycles. The van der Waals surface area contributed by atoms with E-state index in [4.69, 9.17) is 16.3 Å². The van der Waals surface area contributed by atoms with Crippen LogP contribution in [0.25, 0.3) is 0 Å². The molecule has 1 aromatic rings. The number of rotatable bonds is 2. The Kier molecular flexibility index (Phi) is 4.91. The molecule has 0 radical (unpaired) electrons. The molecule has 0 spiro atoms. The van der Waals surface area contributed by atoms with Gasteiger partial charge in [0.15, 0.2) is 0 Å². The minimum Gasteiger partial charge on any atom is -0.495 e. The summed E-state index contributed by atoms with van der Waals surface area (Å²) in [4.78, 5) is 14.0. The lowest BCUT2D eigenvalue weighted by Crippen LogP contribution is -2.35. The molecule has 1 aliphatic heterocycles. The number of benzene rings is 1. The zero-order chi connectivity index (χ0) is 13.7. The van der Waals surface area contributed by atoms with Crippen molar-refractivity contribution in [3.8, 4) is 5.75 Å². The number of nitrogens with zero attached hydrogens (tertiary/aromatic N) is 1. The zero-order valence-electron chi connectivity index (χ0n) is 11.1. The van der Waals surface area contributed by atoms with Gasteiger partial charge in [-0.25, -0.2) is 4.79 Å². The van der Waals surface area contributed by atoms with Crippen LogP contribution in [0.1, 0.15) is 25.7 Å². The minimum atomic E-state index is -0.0497. The molecule has 0 unspecified atom stereocenters. The molecule has 0 aliphatic carbocycles. The van der Waals surface area contributed by atoms with Crippen LogP contribution < -0.4 is 10.1 Å². The fraction of sp³-hybridized carbons (Fsp3) is 0.500. The summed E-state index contributed by atoms with van der Waals surface area (Å²) in [5.74, 6) is 0.565. The van der Waals surface area contributed by atoms with Crippen LogP contribution in [-0.2, 0) is 0 Å². The summed E-state index contributed by atoms with van der Waals surface area (Å²) in [6.45, 7) is 1.66. The first-order chi connectivity index (χ1) is 9.20. The molecule has 1 aliphatic rings. The number of anilines is 1. The highest BCUT2D eigenvalue weighted by Gasteiger charge is 2.15. The Hall–Kier alpha value is -1.42. The number of hydrogen-bond donors (Lipinski definition) is 1. The van der Waals surface area contributed by atoms with E-state index in [1.54, 1.807) is 25.3 Å². The van der Waals surface area contributed by atoms with E-state index in [9.17, 15) is 4.79 Å². The second-order valence-electron chi connectivity index (χ2n) is 4.68. The van der Waals surface area contributed by atoms with E-state index in [1.165, 1.54) is 12.8 Å². The van der Waals surface area contributed by atoms with Gasteiger partial charge in [-0.3, -0.25) is 0 Å². The fourth-order valence-electron chi connectivity index (χ4n) is 2.21. The predicted octanol–water partition coefficient (Wildman–Crippen LogP) is 3.76. The van der Waals surface area contributed by atoms with Crippen molar-refractivity contribution in [1.29, 1.82) is 0 Å².